The first-order valence-electron chi connectivity index (χ1n) is 6.25. The van der Waals surface area contributed by atoms with Crippen molar-refractivity contribution in [2.45, 2.75) is 45.3 Å². The third-order valence-electron chi connectivity index (χ3n) is 3.58. The van der Waals surface area contributed by atoms with Gasteiger partial charge in [0.25, 0.3) is 0 Å². The summed E-state index contributed by atoms with van der Waals surface area (Å²) in [5.74, 6) is 0.776. The molecule has 15 heavy (non-hydrogen) atoms. The van der Waals surface area contributed by atoms with Crippen LogP contribution in [0, 0.1) is 5.92 Å². The number of nitrogens with one attached hydrogen (secondary N) is 1. The lowest BCUT2D eigenvalue weighted by molar-refractivity contribution is 0.110. The summed E-state index contributed by atoms with van der Waals surface area (Å²) in [6.45, 7) is 7.55. The second-order valence-corrected chi connectivity index (χ2v) is 4.79. The van der Waals surface area contributed by atoms with Gasteiger partial charge >= 0.3 is 0 Å². The van der Waals surface area contributed by atoms with Crippen LogP contribution in [0.1, 0.15) is 33.1 Å². The smallest absolute Gasteiger partial charge is 0.0524 e. The van der Waals surface area contributed by atoms with Crippen LogP contribution < -0.4 is 5.32 Å². The summed E-state index contributed by atoms with van der Waals surface area (Å²) in [7, 11) is 2.07. The monoisotopic (exact) mass is 214 g/mol. The summed E-state index contributed by atoms with van der Waals surface area (Å²) < 4.78 is 0. The third-order valence-corrected chi connectivity index (χ3v) is 3.58. The van der Waals surface area contributed by atoms with Crippen molar-refractivity contribution < 1.29 is 5.11 Å². The van der Waals surface area contributed by atoms with Gasteiger partial charge in [0, 0.05) is 19.1 Å². The molecule has 1 aliphatic heterocycles. The molecule has 1 heterocycles. The lowest BCUT2D eigenvalue weighted by Gasteiger charge is -2.38. The lowest BCUT2D eigenvalue weighted by atomic mass is 9.90. The Hall–Kier alpha value is -0.120. The van der Waals surface area contributed by atoms with Gasteiger partial charge in [0.1, 0.15) is 0 Å². The van der Waals surface area contributed by atoms with Gasteiger partial charge < -0.3 is 15.3 Å². The molecule has 0 aliphatic carbocycles. The van der Waals surface area contributed by atoms with E-state index in [1.807, 2.05) is 6.92 Å². The Bertz CT molecular complexity index is 173. The first-order chi connectivity index (χ1) is 7.17. The molecule has 1 fully saturated rings. The fourth-order valence-electron chi connectivity index (χ4n) is 2.47. The molecule has 1 rings (SSSR count). The van der Waals surface area contributed by atoms with E-state index in [1.165, 1.54) is 25.9 Å². The number of aliphatic hydroxyl groups excluding tert-OH is 1. The standard InChI is InChI=1S/C12H26N2O/c1-4-11-9-14(7-5-10(2)15)8-6-12(11)13-3/h10-13,15H,4-9H2,1-3H3. The van der Waals surface area contributed by atoms with Crippen LogP contribution in [0.2, 0.25) is 0 Å². The zero-order chi connectivity index (χ0) is 11.3. The molecule has 90 valence electrons. The van der Waals surface area contributed by atoms with E-state index in [4.69, 9.17) is 0 Å². The fraction of sp³-hybridized carbons (Fsp3) is 1.00. The molecular weight excluding hydrogens is 188 g/mol. The van der Waals surface area contributed by atoms with Gasteiger partial charge in [-0.1, -0.05) is 13.3 Å². The Morgan fingerprint density at radius 1 is 1.53 bits per heavy atom. The molecule has 0 bridgehead atoms. The topological polar surface area (TPSA) is 35.5 Å². The van der Waals surface area contributed by atoms with Crippen molar-refractivity contribution >= 4 is 0 Å². The van der Waals surface area contributed by atoms with Gasteiger partial charge in [-0.05, 0) is 39.3 Å². The van der Waals surface area contributed by atoms with Crippen LogP contribution in [-0.2, 0) is 0 Å². The van der Waals surface area contributed by atoms with E-state index < -0.39 is 0 Å². The van der Waals surface area contributed by atoms with Gasteiger partial charge in [0.15, 0.2) is 0 Å². The molecule has 0 aromatic heterocycles. The van der Waals surface area contributed by atoms with Crippen molar-refractivity contribution in [3.8, 4) is 0 Å². The molecule has 0 spiro atoms. The van der Waals surface area contributed by atoms with Gasteiger partial charge in [0.2, 0.25) is 0 Å². The van der Waals surface area contributed by atoms with E-state index in [0.717, 1.165) is 18.9 Å². The van der Waals surface area contributed by atoms with Crippen molar-refractivity contribution in [2.75, 3.05) is 26.7 Å². The summed E-state index contributed by atoms with van der Waals surface area (Å²) in [6.07, 6.45) is 3.23. The van der Waals surface area contributed by atoms with Gasteiger partial charge in [-0.2, -0.15) is 0 Å². The molecule has 0 radical (unpaired) electrons. The Morgan fingerprint density at radius 2 is 2.27 bits per heavy atom. The molecule has 3 nitrogen and oxygen atoms in total. The quantitative estimate of drug-likeness (QED) is 0.719. The predicted molar refractivity (Wildman–Crippen MR) is 64.0 cm³/mol. The van der Waals surface area contributed by atoms with Crippen molar-refractivity contribution in [3.63, 3.8) is 0 Å². The second kappa shape index (κ2) is 6.46. The maximum absolute atomic E-state index is 9.27. The zero-order valence-corrected chi connectivity index (χ0v) is 10.4. The first-order valence-corrected chi connectivity index (χ1v) is 6.25. The molecule has 3 unspecified atom stereocenters. The van der Waals surface area contributed by atoms with Crippen LogP contribution in [0.4, 0.5) is 0 Å². The summed E-state index contributed by atoms with van der Waals surface area (Å²) in [5.41, 5.74) is 0. The van der Waals surface area contributed by atoms with E-state index in [-0.39, 0.29) is 6.10 Å². The number of piperidine rings is 1. The van der Waals surface area contributed by atoms with Crippen molar-refractivity contribution in [1.29, 1.82) is 0 Å². The van der Waals surface area contributed by atoms with Crippen LogP contribution in [-0.4, -0.2) is 48.8 Å². The van der Waals surface area contributed by atoms with E-state index >= 15 is 0 Å². The molecule has 0 saturated carbocycles. The lowest BCUT2D eigenvalue weighted by Crippen LogP contribution is -2.48. The molecule has 1 saturated heterocycles. The minimum absolute atomic E-state index is 0.160. The highest BCUT2D eigenvalue weighted by molar-refractivity contribution is 4.83. The Morgan fingerprint density at radius 3 is 2.80 bits per heavy atom. The molecule has 0 amide bonds. The number of hydrogen-bond donors (Lipinski definition) is 2. The van der Waals surface area contributed by atoms with Crippen LogP contribution >= 0.6 is 0 Å². The molecule has 3 heteroatoms. The Balaban J connectivity index is 2.32. The number of nitrogens with zero attached hydrogens (tertiary/aromatic N) is 1. The highest BCUT2D eigenvalue weighted by Crippen LogP contribution is 2.20. The van der Waals surface area contributed by atoms with Gasteiger partial charge in [-0.3, -0.25) is 0 Å². The Labute approximate surface area is 93.9 Å². The van der Waals surface area contributed by atoms with E-state index in [1.54, 1.807) is 0 Å². The largest absolute Gasteiger partial charge is 0.393 e. The number of hydrogen-bond acceptors (Lipinski definition) is 3. The molecule has 2 N–H and O–H groups in total. The normalized spacial score (nSPS) is 30.4. The number of rotatable bonds is 5. The van der Waals surface area contributed by atoms with Crippen LogP contribution in [0.3, 0.4) is 0 Å². The SMILES string of the molecule is CCC1CN(CCC(C)O)CCC1NC. The highest BCUT2D eigenvalue weighted by Gasteiger charge is 2.26. The maximum atomic E-state index is 9.27. The van der Waals surface area contributed by atoms with Crippen LogP contribution in [0.5, 0.6) is 0 Å². The summed E-state index contributed by atoms with van der Waals surface area (Å²) >= 11 is 0. The average molecular weight is 214 g/mol. The minimum atomic E-state index is -0.160. The minimum Gasteiger partial charge on any atom is -0.393 e. The molecule has 1 aliphatic rings. The van der Waals surface area contributed by atoms with Crippen molar-refractivity contribution in [3.05, 3.63) is 0 Å². The van der Waals surface area contributed by atoms with Gasteiger partial charge in [-0.25, -0.2) is 0 Å². The van der Waals surface area contributed by atoms with Crippen molar-refractivity contribution in [1.82, 2.24) is 10.2 Å². The molecular formula is C12H26N2O. The Kier molecular flexibility index (Phi) is 5.58. The van der Waals surface area contributed by atoms with Crippen molar-refractivity contribution in [2.24, 2.45) is 5.92 Å². The van der Waals surface area contributed by atoms with Gasteiger partial charge in [0.05, 0.1) is 6.10 Å². The highest BCUT2D eigenvalue weighted by atomic mass is 16.3. The third kappa shape index (κ3) is 4.09. The van der Waals surface area contributed by atoms with Crippen LogP contribution in [0.25, 0.3) is 0 Å². The zero-order valence-electron chi connectivity index (χ0n) is 10.4. The molecule has 0 aromatic carbocycles. The molecule has 0 aromatic rings. The van der Waals surface area contributed by atoms with E-state index in [9.17, 15) is 5.11 Å². The first kappa shape index (κ1) is 12.9. The van der Waals surface area contributed by atoms with Gasteiger partial charge in [-0.15, -0.1) is 0 Å². The summed E-state index contributed by atoms with van der Waals surface area (Å²) in [5, 5.41) is 12.7. The molecule has 3 atom stereocenters. The number of aliphatic hydroxyl groups is 1. The van der Waals surface area contributed by atoms with E-state index in [2.05, 4.69) is 24.2 Å². The average Bonchev–Trinajstić information content (AvgIpc) is 2.25. The summed E-state index contributed by atoms with van der Waals surface area (Å²) in [4.78, 5) is 2.49. The van der Waals surface area contributed by atoms with E-state index in [0.29, 0.717) is 6.04 Å². The maximum Gasteiger partial charge on any atom is 0.0524 e. The predicted octanol–water partition coefficient (Wildman–Crippen LogP) is 1.08. The second-order valence-electron chi connectivity index (χ2n) is 4.79. The summed E-state index contributed by atoms with van der Waals surface area (Å²) in [6, 6.07) is 0.692. The fourth-order valence-corrected chi connectivity index (χ4v) is 2.47. The van der Waals surface area contributed by atoms with Crippen LogP contribution in [0.15, 0.2) is 0 Å². The number of likely N-dealkylation sites (tertiary alicyclic amines) is 1.